The van der Waals surface area contributed by atoms with Crippen molar-refractivity contribution in [2.45, 2.75) is 96.1 Å². The number of carbonyl (C=O) groups excluding carboxylic acids is 1. The lowest BCUT2D eigenvalue weighted by atomic mass is 9.56. The molecule has 0 heterocycles. The SMILES string of the molecule is CC(C)(C)C(C)(C(C=O)OC12CC3CC1(O)CC3(O)C2)C1(C)CC1. The van der Waals surface area contributed by atoms with Crippen molar-refractivity contribution in [1.82, 2.24) is 0 Å². The summed E-state index contributed by atoms with van der Waals surface area (Å²) in [4.78, 5) is 12.2. The molecule has 24 heavy (non-hydrogen) atoms. The molecule has 6 atom stereocenters. The van der Waals surface area contributed by atoms with Crippen LogP contribution in [-0.4, -0.2) is 39.4 Å². The van der Waals surface area contributed by atoms with E-state index in [1.165, 1.54) is 0 Å². The standard InChI is InChI=1S/C20H32O4/c1-15(2,3)17(5,16(4)6-7-16)14(10-21)24-20-9-13-8-19(20,23)11-18(13,22)12-20/h10,13-14,22-23H,6-9,11-12H2,1-5H3. The van der Waals surface area contributed by atoms with Crippen molar-refractivity contribution >= 4 is 6.29 Å². The van der Waals surface area contributed by atoms with Gasteiger partial charge in [0.25, 0.3) is 0 Å². The molecule has 0 aromatic heterocycles. The van der Waals surface area contributed by atoms with Gasteiger partial charge >= 0.3 is 0 Å². The second kappa shape index (κ2) is 4.27. The molecule has 4 heteroatoms. The van der Waals surface area contributed by atoms with E-state index in [2.05, 4.69) is 34.6 Å². The Labute approximate surface area is 145 Å². The lowest BCUT2D eigenvalue weighted by Gasteiger charge is -2.52. The van der Waals surface area contributed by atoms with E-state index in [-0.39, 0.29) is 22.2 Å². The van der Waals surface area contributed by atoms with Crippen LogP contribution in [-0.2, 0) is 9.53 Å². The maximum absolute atomic E-state index is 12.2. The van der Waals surface area contributed by atoms with Crippen LogP contribution >= 0.6 is 0 Å². The van der Waals surface area contributed by atoms with Gasteiger partial charge in [0.15, 0.2) is 0 Å². The second-order valence-electron chi connectivity index (χ2n) is 10.8. The minimum Gasteiger partial charge on any atom is -0.389 e. The summed E-state index contributed by atoms with van der Waals surface area (Å²) in [6.07, 6.45) is 4.79. The van der Waals surface area contributed by atoms with Crippen LogP contribution in [0.15, 0.2) is 0 Å². The van der Waals surface area contributed by atoms with Gasteiger partial charge in [-0.15, -0.1) is 0 Å². The smallest absolute Gasteiger partial charge is 0.149 e. The molecule has 5 rings (SSSR count). The molecule has 5 fully saturated rings. The average molecular weight is 336 g/mol. The van der Waals surface area contributed by atoms with Crippen molar-refractivity contribution in [2.75, 3.05) is 0 Å². The van der Waals surface area contributed by atoms with Gasteiger partial charge in [-0.25, -0.2) is 0 Å². The summed E-state index contributed by atoms with van der Waals surface area (Å²) in [5, 5.41) is 21.9. The molecule has 5 aliphatic rings. The summed E-state index contributed by atoms with van der Waals surface area (Å²) in [7, 11) is 0. The molecule has 0 aliphatic heterocycles. The highest BCUT2D eigenvalue weighted by Gasteiger charge is 2.79. The Morgan fingerprint density at radius 3 is 2.04 bits per heavy atom. The van der Waals surface area contributed by atoms with Crippen molar-refractivity contribution in [3.63, 3.8) is 0 Å². The maximum atomic E-state index is 12.2. The van der Waals surface area contributed by atoms with Gasteiger partial charge in [0, 0.05) is 18.3 Å². The zero-order chi connectivity index (χ0) is 17.8. The number of ether oxygens (including phenoxy) is 1. The molecule has 6 unspecified atom stereocenters. The number of hydrogen-bond acceptors (Lipinski definition) is 4. The van der Waals surface area contributed by atoms with Crippen LogP contribution in [0.5, 0.6) is 0 Å². The molecular formula is C20H32O4. The van der Waals surface area contributed by atoms with Gasteiger partial charge in [-0.2, -0.15) is 0 Å². The number of hydrogen-bond donors (Lipinski definition) is 2. The highest BCUT2D eigenvalue weighted by atomic mass is 16.5. The molecule has 0 aromatic carbocycles. The highest BCUT2D eigenvalue weighted by molar-refractivity contribution is 5.59. The molecule has 136 valence electrons. The van der Waals surface area contributed by atoms with Crippen LogP contribution in [0.4, 0.5) is 0 Å². The van der Waals surface area contributed by atoms with E-state index in [1.54, 1.807) is 0 Å². The van der Waals surface area contributed by atoms with Crippen molar-refractivity contribution in [1.29, 1.82) is 0 Å². The van der Waals surface area contributed by atoms with Gasteiger partial charge < -0.3 is 19.7 Å². The van der Waals surface area contributed by atoms with Crippen molar-refractivity contribution < 1.29 is 19.7 Å². The molecule has 4 bridgehead atoms. The summed E-state index contributed by atoms with van der Waals surface area (Å²) < 4.78 is 6.54. The number of carbonyl (C=O) groups is 1. The van der Waals surface area contributed by atoms with Crippen LogP contribution < -0.4 is 0 Å². The van der Waals surface area contributed by atoms with E-state index >= 15 is 0 Å². The van der Waals surface area contributed by atoms with E-state index in [0.717, 1.165) is 19.1 Å². The lowest BCUT2D eigenvalue weighted by Crippen LogP contribution is -2.57. The van der Waals surface area contributed by atoms with E-state index in [1.807, 2.05) is 0 Å². The molecule has 5 aliphatic carbocycles. The summed E-state index contributed by atoms with van der Waals surface area (Å²) in [6.45, 7) is 11.0. The largest absolute Gasteiger partial charge is 0.389 e. The molecule has 0 amide bonds. The quantitative estimate of drug-likeness (QED) is 0.758. The van der Waals surface area contributed by atoms with Crippen LogP contribution in [0, 0.1) is 22.2 Å². The minimum absolute atomic E-state index is 0.0898. The number of rotatable bonds is 5. The van der Waals surface area contributed by atoms with E-state index in [4.69, 9.17) is 4.74 Å². The Morgan fingerprint density at radius 1 is 1.12 bits per heavy atom. The predicted octanol–water partition coefficient (Wildman–Crippen LogP) is 2.84. The molecule has 0 spiro atoms. The van der Waals surface area contributed by atoms with Gasteiger partial charge in [0.1, 0.15) is 18.0 Å². The molecule has 2 N–H and O–H groups in total. The third kappa shape index (κ3) is 1.73. The van der Waals surface area contributed by atoms with Crippen molar-refractivity contribution in [3.05, 3.63) is 0 Å². The van der Waals surface area contributed by atoms with Gasteiger partial charge in [-0.1, -0.05) is 34.6 Å². The first-order valence-corrected chi connectivity index (χ1v) is 9.43. The van der Waals surface area contributed by atoms with Gasteiger partial charge in [-0.05, 0) is 42.4 Å². The topological polar surface area (TPSA) is 66.8 Å². The summed E-state index contributed by atoms with van der Waals surface area (Å²) in [6, 6.07) is 0. The molecule has 0 radical (unpaired) electrons. The average Bonchev–Trinajstić information content (AvgIpc) is 2.86. The molecule has 5 saturated carbocycles. The zero-order valence-electron chi connectivity index (χ0n) is 15.7. The first-order valence-electron chi connectivity index (χ1n) is 9.43. The Bertz CT molecular complexity index is 584. The monoisotopic (exact) mass is 336 g/mol. The molecular weight excluding hydrogens is 304 g/mol. The van der Waals surface area contributed by atoms with Crippen LogP contribution in [0.1, 0.15) is 73.1 Å². The fraction of sp³-hybridized carbons (Fsp3) is 0.950. The normalized spacial score (nSPS) is 48.5. The Balaban J connectivity index is 1.69. The zero-order valence-corrected chi connectivity index (χ0v) is 15.7. The number of aliphatic hydroxyl groups is 2. The second-order valence-corrected chi connectivity index (χ2v) is 10.8. The Morgan fingerprint density at radius 2 is 1.75 bits per heavy atom. The first-order chi connectivity index (χ1) is 10.8. The Kier molecular flexibility index (Phi) is 3.02. The van der Waals surface area contributed by atoms with Crippen LogP contribution in [0.2, 0.25) is 0 Å². The summed E-state index contributed by atoms with van der Waals surface area (Å²) >= 11 is 0. The van der Waals surface area contributed by atoms with Crippen LogP contribution in [0.25, 0.3) is 0 Å². The van der Waals surface area contributed by atoms with E-state index < -0.39 is 22.9 Å². The van der Waals surface area contributed by atoms with Crippen LogP contribution in [0.3, 0.4) is 0 Å². The Hall–Kier alpha value is -0.450. The third-order valence-electron chi connectivity index (χ3n) is 8.82. The van der Waals surface area contributed by atoms with Crippen molar-refractivity contribution in [2.24, 2.45) is 22.2 Å². The van der Waals surface area contributed by atoms with Gasteiger partial charge in [0.05, 0.1) is 11.2 Å². The molecule has 0 saturated heterocycles. The molecule has 4 nitrogen and oxygen atoms in total. The fourth-order valence-electron chi connectivity index (χ4n) is 6.56. The molecule has 0 aromatic rings. The van der Waals surface area contributed by atoms with Crippen molar-refractivity contribution in [3.8, 4) is 0 Å². The van der Waals surface area contributed by atoms with Gasteiger partial charge in [-0.3, -0.25) is 0 Å². The summed E-state index contributed by atoms with van der Waals surface area (Å²) in [5.74, 6) is 0.118. The predicted molar refractivity (Wildman–Crippen MR) is 90.4 cm³/mol. The lowest BCUT2D eigenvalue weighted by molar-refractivity contribution is -0.218. The van der Waals surface area contributed by atoms with E-state index in [0.29, 0.717) is 25.7 Å². The first kappa shape index (κ1) is 17.0. The highest BCUT2D eigenvalue weighted by Crippen LogP contribution is 2.72. The third-order valence-corrected chi connectivity index (χ3v) is 8.82. The van der Waals surface area contributed by atoms with E-state index in [9.17, 15) is 15.0 Å². The van der Waals surface area contributed by atoms with Gasteiger partial charge in [0.2, 0.25) is 0 Å². The fourth-order valence-corrected chi connectivity index (χ4v) is 6.56. The summed E-state index contributed by atoms with van der Waals surface area (Å²) in [5.41, 5.74) is -2.80. The minimum atomic E-state index is -0.961. The number of aldehydes is 1. The maximum Gasteiger partial charge on any atom is 0.149 e.